The van der Waals surface area contributed by atoms with Crippen LogP contribution >= 0.6 is 11.3 Å². The van der Waals surface area contributed by atoms with Gasteiger partial charge in [-0.05, 0) is 43.4 Å². The molecule has 5 rings (SSSR count). The van der Waals surface area contributed by atoms with Crippen molar-refractivity contribution in [2.75, 3.05) is 6.61 Å². The van der Waals surface area contributed by atoms with Gasteiger partial charge in [-0.3, -0.25) is 4.79 Å². The number of pyridine rings is 2. The predicted molar refractivity (Wildman–Crippen MR) is 118 cm³/mol. The molecule has 7 heteroatoms. The van der Waals surface area contributed by atoms with Crippen molar-refractivity contribution >= 4 is 22.2 Å². The summed E-state index contributed by atoms with van der Waals surface area (Å²) in [6.45, 7) is 2.58. The van der Waals surface area contributed by atoms with E-state index in [1.807, 2.05) is 47.8 Å². The van der Waals surface area contributed by atoms with Crippen LogP contribution in [-0.2, 0) is 4.74 Å². The summed E-state index contributed by atoms with van der Waals surface area (Å²) in [5.41, 5.74) is 2.81. The quantitative estimate of drug-likeness (QED) is 0.509. The van der Waals surface area contributed by atoms with Gasteiger partial charge in [0.25, 0.3) is 5.56 Å². The van der Waals surface area contributed by atoms with Crippen LogP contribution in [0.3, 0.4) is 0 Å². The number of para-hydroxylation sites is 1. The molecule has 2 unspecified atom stereocenters. The molecule has 0 bridgehead atoms. The third-order valence-corrected chi connectivity index (χ3v) is 6.14. The van der Waals surface area contributed by atoms with Crippen molar-refractivity contribution in [3.63, 3.8) is 0 Å². The summed E-state index contributed by atoms with van der Waals surface area (Å²) in [7, 11) is 0. The normalized spacial score (nSPS) is 18.7. The van der Waals surface area contributed by atoms with Crippen molar-refractivity contribution in [2.45, 2.75) is 32.0 Å². The van der Waals surface area contributed by atoms with E-state index in [0.717, 1.165) is 34.3 Å². The van der Waals surface area contributed by atoms with E-state index in [1.165, 1.54) is 11.3 Å². The molecule has 0 spiro atoms. The van der Waals surface area contributed by atoms with E-state index in [1.54, 1.807) is 6.20 Å². The number of thiazole rings is 1. The Morgan fingerprint density at radius 1 is 1.23 bits per heavy atom. The summed E-state index contributed by atoms with van der Waals surface area (Å²) >= 11 is 1.49. The molecule has 1 N–H and O–H groups in total. The first-order valence-electron chi connectivity index (χ1n) is 9.98. The van der Waals surface area contributed by atoms with Crippen LogP contribution in [0.4, 0.5) is 0 Å². The van der Waals surface area contributed by atoms with Crippen molar-refractivity contribution in [3.8, 4) is 27.7 Å². The van der Waals surface area contributed by atoms with Gasteiger partial charge < -0.3 is 14.5 Å². The van der Waals surface area contributed by atoms with Crippen LogP contribution in [0.25, 0.3) is 32.7 Å². The van der Waals surface area contributed by atoms with E-state index in [2.05, 4.69) is 16.9 Å². The van der Waals surface area contributed by atoms with Gasteiger partial charge in [-0.25, -0.2) is 9.97 Å². The molecular weight excluding hydrogens is 398 g/mol. The Balaban J connectivity index is 1.38. The van der Waals surface area contributed by atoms with Gasteiger partial charge in [0.15, 0.2) is 0 Å². The van der Waals surface area contributed by atoms with Crippen LogP contribution in [0.15, 0.2) is 58.8 Å². The van der Waals surface area contributed by atoms with Crippen LogP contribution < -0.4 is 10.3 Å². The van der Waals surface area contributed by atoms with Gasteiger partial charge in [0, 0.05) is 28.7 Å². The van der Waals surface area contributed by atoms with E-state index in [-0.39, 0.29) is 11.7 Å². The first-order valence-corrected chi connectivity index (χ1v) is 10.9. The molecule has 2 atom stereocenters. The predicted octanol–water partition coefficient (Wildman–Crippen LogP) is 4.66. The average Bonchev–Trinajstić information content (AvgIpc) is 3.41. The zero-order valence-corrected chi connectivity index (χ0v) is 17.3. The van der Waals surface area contributed by atoms with Crippen LogP contribution in [0.5, 0.6) is 5.88 Å². The minimum atomic E-state index is -0.143. The third kappa shape index (κ3) is 3.86. The van der Waals surface area contributed by atoms with E-state index in [4.69, 9.17) is 14.5 Å². The summed E-state index contributed by atoms with van der Waals surface area (Å²) in [5.74, 6) is 0.552. The highest BCUT2D eigenvalue weighted by atomic mass is 32.1. The Hall–Kier alpha value is -3.03. The molecule has 4 aromatic rings. The minimum absolute atomic E-state index is 0.122. The zero-order chi connectivity index (χ0) is 20.5. The first-order chi connectivity index (χ1) is 14.7. The lowest BCUT2D eigenvalue weighted by Gasteiger charge is -2.12. The highest BCUT2D eigenvalue weighted by Crippen LogP contribution is 2.30. The van der Waals surface area contributed by atoms with Crippen LogP contribution in [0, 0.1) is 0 Å². The van der Waals surface area contributed by atoms with Gasteiger partial charge in [0.05, 0.1) is 23.5 Å². The number of nitrogens with one attached hydrogen (secondary N) is 1. The lowest BCUT2D eigenvalue weighted by molar-refractivity contribution is 0.0254. The number of aromatic nitrogens is 3. The second-order valence-electron chi connectivity index (χ2n) is 7.48. The fraction of sp³-hybridized carbons (Fsp3) is 0.261. The highest BCUT2D eigenvalue weighted by molar-refractivity contribution is 7.13. The molecule has 1 aliphatic rings. The van der Waals surface area contributed by atoms with Gasteiger partial charge in [-0.2, -0.15) is 0 Å². The van der Waals surface area contributed by atoms with Gasteiger partial charge in [0.1, 0.15) is 11.6 Å². The Morgan fingerprint density at radius 2 is 2.13 bits per heavy atom. The third-order valence-electron chi connectivity index (χ3n) is 5.25. The van der Waals surface area contributed by atoms with E-state index in [9.17, 15) is 4.79 Å². The second-order valence-corrected chi connectivity index (χ2v) is 8.34. The van der Waals surface area contributed by atoms with Crippen molar-refractivity contribution in [3.05, 3.63) is 64.4 Å². The maximum absolute atomic E-state index is 12.5. The summed E-state index contributed by atoms with van der Waals surface area (Å²) < 4.78 is 11.6. The zero-order valence-electron chi connectivity index (χ0n) is 16.5. The summed E-state index contributed by atoms with van der Waals surface area (Å²) in [6, 6.07) is 13.4. The smallest absolute Gasteiger partial charge is 0.257 e. The second kappa shape index (κ2) is 8.01. The molecule has 0 saturated carbocycles. The van der Waals surface area contributed by atoms with Gasteiger partial charge in [-0.1, -0.05) is 18.2 Å². The van der Waals surface area contributed by atoms with Crippen molar-refractivity contribution in [1.29, 1.82) is 0 Å². The molecule has 0 amide bonds. The molecule has 30 heavy (non-hydrogen) atoms. The van der Waals surface area contributed by atoms with Gasteiger partial charge in [-0.15, -0.1) is 11.3 Å². The number of H-pyrrole nitrogens is 1. The molecule has 1 fully saturated rings. The lowest BCUT2D eigenvalue weighted by atomic mass is 10.1. The van der Waals surface area contributed by atoms with E-state index >= 15 is 0 Å². The van der Waals surface area contributed by atoms with Crippen LogP contribution in [0.1, 0.15) is 19.8 Å². The number of fused-ring (bicyclic) bond motifs is 1. The fourth-order valence-corrected chi connectivity index (χ4v) is 4.49. The molecule has 0 radical (unpaired) electrons. The Morgan fingerprint density at radius 3 is 3.00 bits per heavy atom. The first kappa shape index (κ1) is 19.0. The number of nitrogens with zero attached hydrogens (tertiary/aromatic N) is 2. The van der Waals surface area contributed by atoms with Gasteiger partial charge >= 0.3 is 0 Å². The maximum Gasteiger partial charge on any atom is 0.257 e. The lowest BCUT2D eigenvalue weighted by Crippen LogP contribution is -2.18. The molecule has 1 saturated heterocycles. The molecule has 1 aliphatic heterocycles. The summed E-state index contributed by atoms with van der Waals surface area (Å²) in [4.78, 5) is 24.5. The number of hydrogen-bond acceptors (Lipinski definition) is 6. The summed E-state index contributed by atoms with van der Waals surface area (Å²) in [6.07, 6.45) is 4.21. The number of rotatable bonds is 5. The Bertz CT molecular complexity index is 1250. The topological polar surface area (TPSA) is 77.1 Å². The van der Waals surface area contributed by atoms with E-state index in [0.29, 0.717) is 29.8 Å². The monoisotopic (exact) mass is 419 g/mol. The largest absolute Gasteiger partial charge is 0.475 e. The van der Waals surface area contributed by atoms with Crippen LogP contribution in [-0.4, -0.2) is 33.8 Å². The molecule has 6 nitrogen and oxygen atoms in total. The number of hydrogen-bond donors (Lipinski definition) is 1. The standard InChI is InChI=1S/C23H21N3O3S/c1-14-6-7-17(29-14)12-28-21-11-16(8-9-24-21)23-26-20(13-30-23)18-10-15-4-2-3-5-19(15)25-22(18)27/h2-5,8-11,13-14,17H,6-7,12H2,1H3,(H,25,27). The highest BCUT2D eigenvalue weighted by Gasteiger charge is 2.22. The molecule has 152 valence electrons. The Labute approximate surface area is 177 Å². The van der Waals surface area contributed by atoms with Crippen molar-refractivity contribution in [1.82, 2.24) is 15.0 Å². The minimum Gasteiger partial charge on any atom is -0.475 e. The SMILES string of the molecule is CC1CCC(COc2cc(-c3nc(-c4cc5ccccc5[nH]c4=O)cs3)ccn2)O1. The Kier molecular flexibility index (Phi) is 5.06. The average molecular weight is 420 g/mol. The van der Waals surface area contributed by atoms with Gasteiger partial charge in [0.2, 0.25) is 5.88 Å². The molecule has 4 heterocycles. The van der Waals surface area contributed by atoms with Crippen LogP contribution in [0.2, 0.25) is 0 Å². The fourth-order valence-electron chi connectivity index (χ4n) is 3.68. The van der Waals surface area contributed by atoms with Crippen molar-refractivity contribution in [2.24, 2.45) is 0 Å². The number of benzene rings is 1. The molecular formula is C23H21N3O3S. The van der Waals surface area contributed by atoms with Crippen molar-refractivity contribution < 1.29 is 9.47 Å². The number of aromatic amines is 1. The number of ether oxygens (including phenoxy) is 2. The molecule has 1 aromatic carbocycles. The molecule has 3 aromatic heterocycles. The summed E-state index contributed by atoms with van der Waals surface area (Å²) in [5, 5.41) is 3.70. The molecule has 0 aliphatic carbocycles. The van der Waals surface area contributed by atoms with E-state index < -0.39 is 0 Å². The maximum atomic E-state index is 12.5.